The first-order chi connectivity index (χ1) is 20.0. The van der Waals surface area contributed by atoms with Gasteiger partial charge in [0, 0.05) is 29.1 Å². The molecule has 9 heteroatoms. The SMILES string of the molecule is C[C@@H]1[C@@H](C)S(=O)(=O)NC(=O)c2ccc3c(c2)N(C[C@@H]2CC[C@H]2[C@H](O)/C=C\[C@@H]1C)C[C@@]1(CCCc2cc(Cl)ccc21)CO3. The van der Waals surface area contributed by atoms with Crippen LogP contribution in [-0.4, -0.2) is 50.5 Å². The number of sulfonamides is 1. The third-order valence-electron chi connectivity index (χ3n) is 10.6. The third kappa shape index (κ3) is 5.35. The number of aliphatic hydroxyl groups excluding tert-OH is 1. The number of amides is 1. The molecule has 0 saturated heterocycles. The lowest BCUT2D eigenvalue weighted by molar-refractivity contribution is 0.0454. The number of anilines is 1. The van der Waals surface area contributed by atoms with Crippen molar-refractivity contribution in [2.45, 2.75) is 69.6 Å². The van der Waals surface area contributed by atoms with E-state index in [1.807, 2.05) is 32.1 Å². The van der Waals surface area contributed by atoms with Gasteiger partial charge in [-0.2, -0.15) is 0 Å². The van der Waals surface area contributed by atoms with E-state index in [1.165, 1.54) is 11.1 Å². The van der Waals surface area contributed by atoms with Gasteiger partial charge in [0.2, 0.25) is 10.0 Å². The molecule has 7 atom stereocenters. The largest absolute Gasteiger partial charge is 0.490 e. The molecule has 0 unspecified atom stereocenters. The number of nitrogens with one attached hydrogen (secondary N) is 1. The van der Waals surface area contributed by atoms with Crippen LogP contribution in [0, 0.1) is 23.7 Å². The fourth-order valence-electron chi connectivity index (χ4n) is 7.41. The van der Waals surface area contributed by atoms with Crippen LogP contribution in [0.5, 0.6) is 5.75 Å². The average Bonchev–Trinajstić information content (AvgIpc) is 3.09. The summed E-state index contributed by atoms with van der Waals surface area (Å²) >= 11 is 6.39. The summed E-state index contributed by atoms with van der Waals surface area (Å²) in [4.78, 5) is 15.7. The summed E-state index contributed by atoms with van der Waals surface area (Å²) in [5, 5.41) is 11.1. The number of carbonyl (C=O) groups excluding carboxylic acids is 1. The average molecular weight is 613 g/mol. The van der Waals surface area contributed by atoms with Gasteiger partial charge in [0.05, 0.1) is 23.6 Å². The van der Waals surface area contributed by atoms with Gasteiger partial charge in [-0.05, 0) is 104 Å². The Kier molecular flexibility index (Phi) is 7.86. The van der Waals surface area contributed by atoms with Crippen LogP contribution in [0.25, 0.3) is 0 Å². The van der Waals surface area contributed by atoms with Crippen LogP contribution in [-0.2, 0) is 21.9 Å². The summed E-state index contributed by atoms with van der Waals surface area (Å²) < 4.78 is 35.4. The van der Waals surface area contributed by atoms with Crippen LogP contribution in [0.2, 0.25) is 5.02 Å². The van der Waals surface area contributed by atoms with Crippen molar-refractivity contribution in [3.8, 4) is 5.75 Å². The van der Waals surface area contributed by atoms with Crippen molar-refractivity contribution >= 4 is 33.2 Å². The van der Waals surface area contributed by atoms with E-state index in [-0.39, 0.29) is 34.7 Å². The molecular weight excluding hydrogens is 572 g/mol. The number of rotatable bonds is 0. The highest BCUT2D eigenvalue weighted by atomic mass is 35.5. The zero-order valence-electron chi connectivity index (χ0n) is 24.6. The molecule has 6 rings (SSSR count). The fraction of sp³-hybridized carbons (Fsp3) is 0.545. The lowest BCUT2D eigenvalue weighted by Crippen LogP contribution is -2.49. The maximum Gasteiger partial charge on any atom is 0.264 e. The molecule has 0 radical (unpaired) electrons. The van der Waals surface area contributed by atoms with Crippen molar-refractivity contribution in [3.05, 3.63) is 70.3 Å². The first kappa shape index (κ1) is 29.5. The second kappa shape index (κ2) is 11.2. The van der Waals surface area contributed by atoms with Crippen LogP contribution in [0.3, 0.4) is 0 Å². The Morgan fingerprint density at radius 2 is 1.90 bits per heavy atom. The summed E-state index contributed by atoms with van der Waals surface area (Å²) in [5.74, 6) is 0.0790. The molecule has 1 fully saturated rings. The van der Waals surface area contributed by atoms with E-state index < -0.39 is 27.3 Å². The summed E-state index contributed by atoms with van der Waals surface area (Å²) in [7, 11) is -3.94. The Morgan fingerprint density at radius 1 is 1.10 bits per heavy atom. The number of hydrogen-bond donors (Lipinski definition) is 2. The Balaban J connectivity index is 1.43. The molecule has 1 saturated carbocycles. The number of fused-ring (bicyclic) bond motifs is 4. The zero-order valence-corrected chi connectivity index (χ0v) is 26.1. The van der Waals surface area contributed by atoms with Gasteiger partial charge in [-0.3, -0.25) is 4.79 Å². The quantitative estimate of drug-likeness (QED) is 0.382. The minimum Gasteiger partial charge on any atom is -0.490 e. The van der Waals surface area contributed by atoms with Crippen molar-refractivity contribution in [1.82, 2.24) is 4.72 Å². The summed E-state index contributed by atoms with van der Waals surface area (Å²) in [6, 6.07) is 11.4. The standard InChI is InChI=1S/C33H41ClN2O5S/c1-20-6-12-30(37)27-10-7-25(27)17-36-18-33(14-4-5-23-15-26(34)9-11-28(23)33)19-41-31-13-8-24(16-29(31)36)32(38)35-42(39,40)22(3)21(20)2/h6,8-9,11-13,15-16,20-22,25,27,30,37H,4-5,7,10,14,17-19H2,1-3H3,(H,35,38)/b12-6-/t20-,21-,22+,25-,27+,30+,33-/m0/s1. The Morgan fingerprint density at radius 3 is 2.67 bits per heavy atom. The Hall–Kier alpha value is -2.55. The maximum absolute atomic E-state index is 13.4. The molecule has 1 amide bonds. The third-order valence-corrected chi connectivity index (χ3v) is 12.7. The predicted molar refractivity (Wildman–Crippen MR) is 166 cm³/mol. The highest BCUT2D eigenvalue weighted by Crippen LogP contribution is 2.46. The second-order valence-electron chi connectivity index (χ2n) is 13.1. The topological polar surface area (TPSA) is 95.9 Å². The van der Waals surface area contributed by atoms with Crippen LogP contribution >= 0.6 is 11.6 Å². The van der Waals surface area contributed by atoms with E-state index in [0.29, 0.717) is 25.4 Å². The summed E-state index contributed by atoms with van der Waals surface area (Å²) in [6.07, 6.45) is 8.11. The lowest BCUT2D eigenvalue weighted by atomic mass is 9.68. The number of allylic oxidation sites excluding steroid dienone is 1. The molecule has 42 heavy (non-hydrogen) atoms. The number of benzene rings is 2. The highest BCUT2D eigenvalue weighted by molar-refractivity contribution is 7.90. The maximum atomic E-state index is 13.4. The van der Waals surface area contributed by atoms with Gasteiger partial charge in [0.25, 0.3) is 5.91 Å². The second-order valence-corrected chi connectivity index (χ2v) is 15.5. The van der Waals surface area contributed by atoms with Crippen LogP contribution in [0.15, 0.2) is 48.6 Å². The Bertz CT molecular complexity index is 1510. The number of halogens is 1. The van der Waals surface area contributed by atoms with E-state index in [4.69, 9.17) is 16.3 Å². The van der Waals surface area contributed by atoms with Crippen LogP contribution in [0.1, 0.15) is 67.9 Å². The van der Waals surface area contributed by atoms with Crippen molar-refractivity contribution in [3.63, 3.8) is 0 Å². The van der Waals surface area contributed by atoms with Gasteiger partial charge in [0.15, 0.2) is 0 Å². The zero-order chi connectivity index (χ0) is 29.8. The number of aryl methyl sites for hydroxylation is 1. The molecule has 1 spiro atoms. The monoisotopic (exact) mass is 612 g/mol. The molecule has 2 heterocycles. The highest BCUT2D eigenvalue weighted by Gasteiger charge is 2.44. The molecule has 2 bridgehead atoms. The smallest absolute Gasteiger partial charge is 0.264 e. The summed E-state index contributed by atoms with van der Waals surface area (Å²) in [6.45, 7) is 7.36. The molecule has 7 nitrogen and oxygen atoms in total. The van der Waals surface area contributed by atoms with Gasteiger partial charge >= 0.3 is 0 Å². The molecule has 2 N–H and O–H groups in total. The number of aliphatic hydroxyl groups is 1. The van der Waals surface area contributed by atoms with Crippen molar-refractivity contribution in [1.29, 1.82) is 0 Å². The van der Waals surface area contributed by atoms with Crippen LogP contribution < -0.4 is 14.4 Å². The molecule has 2 aliphatic carbocycles. The normalized spacial score (nSPS) is 35.1. The minimum absolute atomic E-state index is 0.0962. The first-order valence-electron chi connectivity index (χ1n) is 15.2. The van der Waals surface area contributed by atoms with E-state index in [9.17, 15) is 18.3 Å². The number of hydrogen-bond acceptors (Lipinski definition) is 6. The number of ether oxygens (including phenoxy) is 1. The molecule has 0 aromatic heterocycles. The fourth-order valence-corrected chi connectivity index (χ4v) is 8.98. The van der Waals surface area contributed by atoms with Gasteiger partial charge in [0.1, 0.15) is 5.75 Å². The molecule has 2 aromatic rings. The van der Waals surface area contributed by atoms with Gasteiger partial charge in [-0.15, -0.1) is 0 Å². The van der Waals surface area contributed by atoms with Gasteiger partial charge in [-0.1, -0.05) is 43.7 Å². The minimum atomic E-state index is -3.94. The van der Waals surface area contributed by atoms with E-state index in [0.717, 1.165) is 42.8 Å². The van der Waals surface area contributed by atoms with Crippen molar-refractivity contribution in [2.24, 2.45) is 23.7 Å². The molecule has 2 aromatic carbocycles. The molecule has 2 aliphatic heterocycles. The van der Waals surface area contributed by atoms with Crippen molar-refractivity contribution < 1.29 is 23.1 Å². The van der Waals surface area contributed by atoms with Gasteiger partial charge < -0.3 is 14.7 Å². The first-order valence-corrected chi connectivity index (χ1v) is 17.1. The van der Waals surface area contributed by atoms with E-state index >= 15 is 0 Å². The number of carbonyl (C=O) groups is 1. The Labute approximate surface area is 254 Å². The molecular formula is C33H41ClN2O5S. The van der Waals surface area contributed by atoms with Gasteiger partial charge in [-0.25, -0.2) is 13.1 Å². The predicted octanol–water partition coefficient (Wildman–Crippen LogP) is 5.49. The van der Waals surface area contributed by atoms with Crippen LogP contribution in [0.4, 0.5) is 5.69 Å². The van der Waals surface area contributed by atoms with Crippen molar-refractivity contribution in [2.75, 3.05) is 24.6 Å². The van der Waals surface area contributed by atoms with E-state index in [1.54, 1.807) is 25.1 Å². The van der Waals surface area contributed by atoms with E-state index in [2.05, 4.69) is 21.8 Å². The lowest BCUT2D eigenvalue weighted by Gasteiger charge is -2.45. The summed E-state index contributed by atoms with van der Waals surface area (Å²) in [5.41, 5.74) is 3.32. The molecule has 226 valence electrons. The number of nitrogens with zero attached hydrogens (tertiary/aromatic N) is 1. The molecule has 4 aliphatic rings.